The van der Waals surface area contributed by atoms with Crippen molar-refractivity contribution in [2.75, 3.05) is 13.1 Å². The molecule has 1 atom stereocenters. The summed E-state index contributed by atoms with van der Waals surface area (Å²) < 4.78 is 27.2. The van der Waals surface area contributed by atoms with Crippen LogP contribution in [0.15, 0.2) is 20.1 Å². The molecule has 4 N–H and O–H groups in total. The van der Waals surface area contributed by atoms with Crippen LogP contribution < -0.4 is 15.8 Å². The number of carbonyl (C=O) groups is 1. The van der Waals surface area contributed by atoms with Gasteiger partial charge in [0.05, 0.1) is 15.9 Å². The van der Waals surface area contributed by atoms with Gasteiger partial charge in [-0.3, -0.25) is 4.79 Å². The average molecular weight is 396 g/mol. The third-order valence-electron chi connectivity index (χ3n) is 3.56. The van der Waals surface area contributed by atoms with E-state index in [-0.39, 0.29) is 16.7 Å². The van der Waals surface area contributed by atoms with Gasteiger partial charge in [-0.05, 0) is 53.7 Å². The summed E-state index contributed by atoms with van der Waals surface area (Å²) in [6.07, 6.45) is 2.09. The molecule has 1 fully saturated rings. The molecular weight excluding hydrogens is 378 g/mol. The second-order valence-corrected chi connectivity index (χ2v) is 9.78. The van der Waals surface area contributed by atoms with E-state index in [4.69, 9.17) is 5.73 Å². The normalized spacial score (nSPS) is 18.2. The molecular formula is C12H18BrN3O3S2. The van der Waals surface area contributed by atoms with E-state index in [9.17, 15) is 13.2 Å². The third-order valence-corrected chi connectivity index (χ3v) is 7.08. The predicted octanol–water partition coefficient (Wildman–Crippen LogP) is 1.03. The smallest absolute Gasteiger partial charge is 0.250 e. The predicted molar refractivity (Wildman–Crippen MR) is 85.5 cm³/mol. The highest BCUT2D eigenvalue weighted by atomic mass is 79.9. The number of carbonyl (C=O) groups excluding carboxylic acids is 1. The zero-order chi connectivity index (χ0) is 15.7. The van der Waals surface area contributed by atoms with Crippen LogP contribution in [0.25, 0.3) is 0 Å². The van der Waals surface area contributed by atoms with Crippen LogP contribution in [0.2, 0.25) is 0 Å². The van der Waals surface area contributed by atoms with Crippen LogP contribution in [0.1, 0.15) is 19.8 Å². The lowest BCUT2D eigenvalue weighted by atomic mass is 9.96. The largest absolute Gasteiger partial charge is 0.348 e. The van der Waals surface area contributed by atoms with Crippen LogP contribution in [0.4, 0.5) is 0 Å². The minimum Gasteiger partial charge on any atom is -0.348 e. The van der Waals surface area contributed by atoms with Crippen molar-refractivity contribution in [2.24, 2.45) is 11.7 Å². The summed E-state index contributed by atoms with van der Waals surface area (Å²) in [4.78, 5) is 11.9. The molecule has 1 heterocycles. The van der Waals surface area contributed by atoms with Gasteiger partial charge in [0.25, 0.3) is 10.0 Å². The molecule has 1 aromatic heterocycles. The molecule has 9 heteroatoms. The first-order valence-electron chi connectivity index (χ1n) is 6.53. The second-order valence-electron chi connectivity index (χ2n) is 5.33. The fourth-order valence-electron chi connectivity index (χ4n) is 2.08. The summed E-state index contributed by atoms with van der Waals surface area (Å²) in [5.41, 5.74) is 5.27. The van der Waals surface area contributed by atoms with Gasteiger partial charge in [-0.15, -0.1) is 11.3 Å². The molecule has 1 amide bonds. The molecule has 1 saturated carbocycles. The summed E-state index contributed by atoms with van der Waals surface area (Å²) >= 11 is 4.30. The van der Waals surface area contributed by atoms with E-state index in [1.54, 1.807) is 6.07 Å². The molecule has 1 unspecified atom stereocenters. The van der Waals surface area contributed by atoms with E-state index >= 15 is 0 Å². The number of nitrogens with one attached hydrogen (secondary N) is 2. The Kier molecular flexibility index (Phi) is 5.09. The summed E-state index contributed by atoms with van der Waals surface area (Å²) in [7, 11) is -3.66. The first kappa shape index (κ1) is 16.9. The Morgan fingerprint density at radius 1 is 1.52 bits per heavy atom. The van der Waals surface area contributed by atoms with E-state index < -0.39 is 15.6 Å². The lowest BCUT2D eigenvalue weighted by Gasteiger charge is -2.29. The summed E-state index contributed by atoms with van der Waals surface area (Å²) in [6, 6.07) is 3.14. The van der Waals surface area contributed by atoms with Crippen LogP contribution in [0, 0.1) is 5.92 Å². The van der Waals surface area contributed by atoms with Crippen molar-refractivity contribution in [3.05, 3.63) is 15.9 Å². The molecule has 118 valence electrons. The van der Waals surface area contributed by atoms with Gasteiger partial charge in [0.15, 0.2) is 0 Å². The monoisotopic (exact) mass is 395 g/mol. The van der Waals surface area contributed by atoms with Gasteiger partial charge in [0, 0.05) is 6.54 Å². The maximum atomic E-state index is 12.0. The Balaban J connectivity index is 1.92. The topological polar surface area (TPSA) is 101 Å². The molecule has 0 aliphatic heterocycles. The molecule has 6 nitrogen and oxygen atoms in total. The first-order valence-corrected chi connectivity index (χ1v) is 9.62. The molecule has 1 aliphatic rings. The molecule has 0 spiro atoms. The number of rotatable bonds is 7. The minimum absolute atomic E-state index is 0.172. The Morgan fingerprint density at radius 3 is 2.67 bits per heavy atom. The van der Waals surface area contributed by atoms with Crippen molar-refractivity contribution < 1.29 is 13.2 Å². The van der Waals surface area contributed by atoms with Crippen molar-refractivity contribution in [3.8, 4) is 0 Å². The Morgan fingerprint density at radius 2 is 2.19 bits per heavy atom. The van der Waals surface area contributed by atoms with Crippen molar-refractivity contribution in [1.82, 2.24) is 10.0 Å². The fourth-order valence-corrected chi connectivity index (χ4v) is 5.11. The Labute approximate surface area is 136 Å². The van der Waals surface area contributed by atoms with E-state index in [2.05, 4.69) is 26.0 Å². The highest BCUT2D eigenvalue weighted by Crippen LogP contribution is 2.38. The van der Waals surface area contributed by atoms with Crippen molar-refractivity contribution >= 4 is 43.2 Å². The van der Waals surface area contributed by atoms with Gasteiger partial charge in [-0.1, -0.05) is 0 Å². The summed E-state index contributed by atoms with van der Waals surface area (Å²) in [5, 5.41) is 2.84. The highest BCUT2D eigenvalue weighted by Gasteiger charge is 2.41. The summed E-state index contributed by atoms with van der Waals surface area (Å²) in [6.45, 7) is 1.95. The minimum atomic E-state index is -3.66. The average Bonchev–Trinajstić information content (AvgIpc) is 3.19. The van der Waals surface area contributed by atoms with Crippen LogP contribution in [-0.2, 0) is 14.8 Å². The third kappa shape index (κ3) is 4.26. The number of thiophene rings is 1. The molecule has 21 heavy (non-hydrogen) atoms. The molecule has 1 aromatic rings. The highest BCUT2D eigenvalue weighted by molar-refractivity contribution is 9.11. The maximum Gasteiger partial charge on any atom is 0.250 e. The maximum absolute atomic E-state index is 12.0. The summed E-state index contributed by atoms with van der Waals surface area (Å²) in [5.74, 6) is 0.0188. The number of nitrogens with two attached hydrogens (primary N) is 1. The van der Waals surface area contributed by atoms with Crippen LogP contribution >= 0.6 is 27.3 Å². The Bertz CT molecular complexity index is 627. The van der Waals surface area contributed by atoms with E-state index in [0.717, 1.165) is 28.0 Å². The van der Waals surface area contributed by atoms with Crippen molar-refractivity contribution in [3.63, 3.8) is 0 Å². The zero-order valence-electron chi connectivity index (χ0n) is 11.6. The van der Waals surface area contributed by atoms with Gasteiger partial charge in [0.1, 0.15) is 4.21 Å². The lowest BCUT2D eigenvalue weighted by molar-refractivity contribution is -0.121. The van der Waals surface area contributed by atoms with Crippen molar-refractivity contribution in [1.29, 1.82) is 0 Å². The molecule has 0 radical (unpaired) electrons. The zero-order valence-corrected chi connectivity index (χ0v) is 14.8. The van der Waals surface area contributed by atoms with E-state index in [0.29, 0.717) is 12.5 Å². The van der Waals surface area contributed by atoms with Crippen molar-refractivity contribution in [2.45, 2.75) is 29.5 Å². The molecule has 0 saturated heterocycles. The van der Waals surface area contributed by atoms with E-state index in [1.807, 2.05) is 6.92 Å². The van der Waals surface area contributed by atoms with Crippen LogP contribution in [-0.4, -0.2) is 33.0 Å². The SMILES string of the molecule is CC(CN)(NC(=O)CNS(=O)(=O)c1ccc(Br)s1)C1CC1. The van der Waals surface area contributed by atoms with Gasteiger partial charge in [-0.2, -0.15) is 0 Å². The van der Waals surface area contributed by atoms with Gasteiger partial charge < -0.3 is 11.1 Å². The number of sulfonamides is 1. The van der Waals surface area contributed by atoms with Gasteiger partial charge in [-0.25, -0.2) is 13.1 Å². The molecule has 1 aliphatic carbocycles. The standard InChI is InChI=1S/C12H18BrN3O3S2/c1-12(7-14,8-2-3-8)16-10(17)6-15-21(18,19)11-5-4-9(13)20-11/h4-5,8,15H,2-3,6-7,14H2,1H3,(H,16,17). The number of amides is 1. The first-order chi connectivity index (χ1) is 9.77. The van der Waals surface area contributed by atoms with Gasteiger partial charge in [0.2, 0.25) is 5.91 Å². The molecule has 2 rings (SSSR count). The fraction of sp³-hybridized carbons (Fsp3) is 0.583. The second kappa shape index (κ2) is 6.33. The lowest BCUT2D eigenvalue weighted by Crippen LogP contribution is -2.55. The molecule has 0 aromatic carbocycles. The van der Waals surface area contributed by atoms with E-state index in [1.165, 1.54) is 6.07 Å². The van der Waals surface area contributed by atoms with Gasteiger partial charge >= 0.3 is 0 Å². The number of halogens is 1. The van der Waals surface area contributed by atoms with Crippen LogP contribution in [0.3, 0.4) is 0 Å². The quantitative estimate of drug-likeness (QED) is 0.641. The molecule has 0 bridgehead atoms. The van der Waals surface area contributed by atoms with Crippen LogP contribution in [0.5, 0.6) is 0 Å². The Hall–Kier alpha value is -0.480. The number of hydrogen-bond acceptors (Lipinski definition) is 5. The number of hydrogen-bond donors (Lipinski definition) is 3.